The van der Waals surface area contributed by atoms with E-state index in [2.05, 4.69) is 10.3 Å². The Hall–Kier alpha value is -3.22. The van der Waals surface area contributed by atoms with Crippen molar-refractivity contribution in [3.05, 3.63) is 75.2 Å². The van der Waals surface area contributed by atoms with E-state index in [0.717, 1.165) is 4.57 Å². The highest BCUT2D eigenvalue weighted by Gasteiger charge is 2.09. The van der Waals surface area contributed by atoms with Crippen LogP contribution in [-0.4, -0.2) is 15.5 Å². The van der Waals surface area contributed by atoms with Crippen LogP contribution in [0.4, 0.5) is 10.1 Å². The average Bonchev–Trinajstić information content (AvgIpc) is 2.54. The summed E-state index contributed by atoms with van der Waals surface area (Å²) >= 11 is 0. The topological polar surface area (TPSA) is 84.0 Å². The molecule has 0 aliphatic carbocycles. The van der Waals surface area contributed by atoms with Crippen molar-refractivity contribution in [1.82, 2.24) is 9.55 Å². The number of hydrogen-bond donors (Lipinski definition) is 2. The molecular formula is C17H14FN3O3. The van der Waals surface area contributed by atoms with E-state index in [4.69, 9.17) is 0 Å². The van der Waals surface area contributed by atoms with Crippen LogP contribution in [0, 0.1) is 5.82 Å². The summed E-state index contributed by atoms with van der Waals surface area (Å²) in [4.78, 5) is 38.9. The maximum Gasteiger partial charge on any atom is 0.328 e. The van der Waals surface area contributed by atoms with Crippen LogP contribution in [0.2, 0.25) is 0 Å². The molecule has 3 rings (SSSR count). The molecule has 6 nitrogen and oxygen atoms in total. The van der Waals surface area contributed by atoms with Crippen LogP contribution >= 0.6 is 0 Å². The van der Waals surface area contributed by atoms with E-state index in [9.17, 15) is 18.8 Å². The number of carbonyl (C=O) groups excluding carboxylic acids is 1. The second kappa shape index (κ2) is 6.49. The van der Waals surface area contributed by atoms with Crippen LogP contribution in [0.5, 0.6) is 0 Å². The molecule has 3 aromatic rings. The molecule has 0 fully saturated rings. The van der Waals surface area contributed by atoms with Gasteiger partial charge in [0.2, 0.25) is 5.91 Å². The Morgan fingerprint density at radius 3 is 2.71 bits per heavy atom. The molecule has 2 N–H and O–H groups in total. The smallest absolute Gasteiger partial charge is 0.326 e. The van der Waals surface area contributed by atoms with Crippen LogP contribution in [0.3, 0.4) is 0 Å². The second-order valence-corrected chi connectivity index (χ2v) is 5.24. The number of aromatic amines is 1. The first-order chi connectivity index (χ1) is 11.5. The van der Waals surface area contributed by atoms with E-state index in [-0.39, 0.29) is 13.0 Å². The monoisotopic (exact) mass is 327 g/mol. The van der Waals surface area contributed by atoms with Crippen molar-refractivity contribution in [2.45, 2.75) is 13.0 Å². The normalized spacial score (nSPS) is 10.7. The van der Waals surface area contributed by atoms with E-state index < -0.39 is 23.0 Å². The van der Waals surface area contributed by atoms with Gasteiger partial charge in [-0.1, -0.05) is 18.2 Å². The molecule has 1 heterocycles. The largest absolute Gasteiger partial charge is 0.328 e. The van der Waals surface area contributed by atoms with E-state index in [1.54, 1.807) is 30.3 Å². The number of H-pyrrole nitrogens is 1. The Bertz CT molecular complexity index is 1020. The number of nitrogens with one attached hydrogen (secondary N) is 2. The quantitative estimate of drug-likeness (QED) is 0.767. The highest BCUT2D eigenvalue weighted by molar-refractivity contribution is 5.90. The number of fused-ring (bicyclic) bond motifs is 1. The zero-order valence-electron chi connectivity index (χ0n) is 12.6. The number of carbonyl (C=O) groups is 1. The molecule has 2 aromatic carbocycles. The van der Waals surface area contributed by atoms with Gasteiger partial charge in [-0.3, -0.25) is 14.2 Å². The Labute approximate surface area is 135 Å². The number of halogens is 1. The number of rotatable bonds is 4. The summed E-state index contributed by atoms with van der Waals surface area (Å²) in [6.07, 6.45) is -0.0855. The van der Waals surface area contributed by atoms with Crippen molar-refractivity contribution in [2.24, 2.45) is 0 Å². The molecule has 0 aliphatic rings. The molecule has 7 heteroatoms. The molecule has 0 aliphatic heterocycles. The van der Waals surface area contributed by atoms with Crippen molar-refractivity contribution in [2.75, 3.05) is 5.32 Å². The SMILES string of the molecule is O=C(CCn1c(=O)[nH]c2ccccc2c1=O)Nc1cccc(F)c1. The lowest BCUT2D eigenvalue weighted by molar-refractivity contribution is -0.116. The summed E-state index contributed by atoms with van der Waals surface area (Å²) in [5, 5.41) is 2.90. The molecule has 0 unspecified atom stereocenters. The molecule has 122 valence electrons. The fraction of sp³-hybridized carbons (Fsp3) is 0.118. The van der Waals surface area contributed by atoms with Crippen LogP contribution in [0.25, 0.3) is 10.9 Å². The standard InChI is InChI=1S/C17H14FN3O3/c18-11-4-3-5-12(10-11)19-15(22)8-9-21-16(23)13-6-1-2-7-14(13)20-17(21)24/h1-7,10H,8-9H2,(H,19,22)(H,20,24). The van der Waals surface area contributed by atoms with E-state index in [1.165, 1.54) is 18.2 Å². The van der Waals surface area contributed by atoms with Gasteiger partial charge in [0.1, 0.15) is 5.82 Å². The summed E-state index contributed by atoms with van der Waals surface area (Å²) in [6.45, 7) is -0.0693. The minimum atomic E-state index is -0.572. The lowest BCUT2D eigenvalue weighted by Gasteiger charge is -2.07. The molecule has 0 saturated carbocycles. The van der Waals surface area contributed by atoms with Gasteiger partial charge >= 0.3 is 5.69 Å². The summed E-state index contributed by atoms with van der Waals surface area (Å²) < 4.78 is 14.1. The van der Waals surface area contributed by atoms with E-state index >= 15 is 0 Å². The van der Waals surface area contributed by atoms with Gasteiger partial charge in [0, 0.05) is 18.7 Å². The summed E-state index contributed by atoms with van der Waals surface area (Å²) in [5.74, 6) is -0.880. The van der Waals surface area contributed by atoms with E-state index in [0.29, 0.717) is 16.6 Å². The number of aromatic nitrogens is 2. The van der Waals surface area contributed by atoms with Gasteiger partial charge in [0.15, 0.2) is 0 Å². The van der Waals surface area contributed by atoms with Crippen molar-refractivity contribution in [1.29, 1.82) is 0 Å². The maximum atomic E-state index is 13.1. The summed E-state index contributed by atoms with van der Waals surface area (Å²) in [5.41, 5.74) is -0.252. The molecule has 1 amide bonds. The average molecular weight is 327 g/mol. The van der Waals surface area contributed by atoms with Crippen molar-refractivity contribution in [3.8, 4) is 0 Å². The Kier molecular flexibility index (Phi) is 4.24. The fourth-order valence-electron chi connectivity index (χ4n) is 2.41. The van der Waals surface area contributed by atoms with Gasteiger partial charge in [-0.15, -0.1) is 0 Å². The number of para-hydroxylation sites is 1. The summed E-state index contributed by atoms with van der Waals surface area (Å²) in [6, 6.07) is 12.1. The minimum Gasteiger partial charge on any atom is -0.326 e. The van der Waals surface area contributed by atoms with Gasteiger partial charge < -0.3 is 10.3 Å². The maximum absolute atomic E-state index is 13.1. The van der Waals surface area contributed by atoms with Crippen molar-refractivity contribution in [3.63, 3.8) is 0 Å². The first kappa shape index (κ1) is 15.7. The molecule has 0 bridgehead atoms. The molecule has 0 radical (unpaired) electrons. The Morgan fingerprint density at radius 1 is 1.12 bits per heavy atom. The Morgan fingerprint density at radius 2 is 1.92 bits per heavy atom. The van der Waals surface area contributed by atoms with Gasteiger partial charge in [0.25, 0.3) is 5.56 Å². The molecule has 0 spiro atoms. The number of amides is 1. The first-order valence-electron chi connectivity index (χ1n) is 7.32. The van der Waals surface area contributed by atoms with Gasteiger partial charge in [-0.2, -0.15) is 0 Å². The third-order valence-corrected chi connectivity index (χ3v) is 3.56. The highest BCUT2D eigenvalue weighted by Crippen LogP contribution is 2.09. The molecule has 0 atom stereocenters. The molecular weight excluding hydrogens is 313 g/mol. The van der Waals surface area contributed by atoms with Crippen LogP contribution in [0.1, 0.15) is 6.42 Å². The zero-order chi connectivity index (χ0) is 17.1. The van der Waals surface area contributed by atoms with Crippen LogP contribution in [-0.2, 0) is 11.3 Å². The van der Waals surface area contributed by atoms with Gasteiger partial charge in [-0.05, 0) is 30.3 Å². The number of anilines is 1. The number of nitrogens with zero attached hydrogens (tertiary/aromatic N) is 1. The lowest BCUT2D eigenvalue weighted by Crippen LogP contribution is -2.36. The van der Waals surface area contributed by atoms with E-state index in [1.807, 2.05) is 0 Å². The van der Waals surface area contributed by atoms with Gasteiger partial charge in [0.05, 0.1) is 10.9 Å². The fourth-order valence-corrected chi connectivity index (χ4v) is 2.41. The third kappa shape index (κ3) is 3.24. The highest BCUT2D eigenvalue weighted by atomic mass is 19.1. The molecule has 24 heavy (non-hydrogen) atoms. The van der Waals surface area contributed by atoms with Gasteiger partial charge in [-0.25, -0.2) is 9.18 Å². The predicted molar refractivity (Wildman–Crippen MR) is 88.5 cm³/mol. The van der Waals surface area contributed by atoms with Crippen molar-refractivity contribution >= 4 is 22.5 Å². The first-order valence-corrected chi connectivity index (χ1v) is 7.32. The number of hydrogen-bond acceptors (Lipinski definition) is 3. The minimum absolute atomic E-state index is 0.0693. The second-order valence-electron chi connectivity index (χ2n) is 5.24. The number of benzene rings is 2. The zero-order valence-corrected chi connectivity index (χ0v) is 12.6. The Balaban J connectivity index is 1.77. The lowest BCUT2D eigenvalue weighted by atomic mass is 10.2. The predicted octanol–water partition coefficient (Wildman–Crippen LogP) is 1.86. The molecule has 0 saturated heterocycles. The van der Waals surface area contributed by atoms with Crippen LogP contribution < -0.4 is 16.6 Å². The summed E-state index contributed by atoms with van der Waals surface area (Å²) in [7, 11) is 0. The molecule has 1 aromatic heterocycles. The van der Waals surface area contributed by atoms with Crippen molar-refractivity contribution < 1.29 is 9.18 Å². The van der Waals surface area contributed by atoms with Crippen LogP contribution in [0.15, 0.2) is 58.1 Å². The third-order valence-electron chi connectivity index (χ3n) is 3.56.